The third kappa shape index (κ3) is 2.23. The number of anilines is 1. The highest BCUT2D eigenvalue weighted by atomic mass is 16.5. The van der Waals surface area contributed by atoms with Gasteiger partial charge in [-0.1, -0.05) is 12.1 Å². The number of hydrogen-bond acceptors (Lipinski definition) is 4. The summed E-state index contributed by atoms with van der Waals surface area (Å²) in [6.45, 7) is 0.328. The number of para-hydroxylation sites is 1. The summed E-state index contributed by atoms with van der Waals surface area (Å²) >= 11 is 0. The first-order valence-electron chi connectivity index (χ1n) is 4.87. The molecule has 0 unspecified atom stereocenters. The summed E-state index contributed by atoms with van der Waals surface area (Å²) in [5.74, 6) is 0.490. The van der Waals surface area contributed by atoms with Gasteiger partial charge in [0, 0.05) is 6.20 Å². The van der Waals surface area contributed by atoms with Crippen molar-refractivity contribution in [1.29, 1.82) is 0 Å². The maximum Gasteiger partial charge on any atom is 0.146 e. The van der Waals surface area contributed by atoms with Crippen LogP contribution in [0.2, 0.25) is 0 Å². The Hall–Kier alpha value is -2.23. The lowest BCUT2D eigenvalue weighted by molar-refractivity contribution is 0.301. The van der Waals surface area contributed by atoms with Crippen molar-refractivity contribution < 1.29 is 9.84 Å². The quantitative estimate of drug-likeness (QED) is 0.607. The van der Waals surface area contributed by atoms with E-state index in [1.54, 1.807) is 18.3 Å². The summed E-state index contributed by atoms with van der Waals surface area (Å²) in [7, 11) is 0. The molecule has 82 valence electrons. The maximum atomic E-state index is 9.38. The number of benzene rings is 1. The van der Waals surface area contributed by atoms with Gasteiger partial charge in [0.05, 0.1) is 5.69 Å². The van der Waals surface area contributed by atoms with E-state index in [0.29, 0.717) is 12.4 Å². The third-order valence-electron chi connectivity index (χ3n) is 2.14. The minimum atomic E-state index is 0.0264. The lowest BCUT2D eigenvalue weighted by atomic mass is 10.3. The van der Waals surface area contributed by atoms with E-state index < -0.39 is 0 Å². The fourth-order valence-electron chi connectivity index (χ4n) is 1.29. The number of rotatable bonds is 3. The van der Waals surface area contributed by atoms with Gasteiger partial charge >= 0.3 is 0 Å². The standard InChI is InChI=1S/C12H12N2O2/c13-12-10(15)5-3-6-11(12)16-8-9-4-1-2-7-14-9/h1-7,15H,8,13H2. The van der Waals surface area contributed by atoms with Crippen LogP contribution in [0.3, 0.4) is 0 Å². The Morgan fingerprint density at radius 2 is 2.06 bits per heavy atom. The zero-order chi connectivity index (χ0) is 11.4. The van der Waals surface area contributed by atoms with Gasteiger partial charge in [-0.05, 0) is 24.3 Å². The Balaban J connectivity index is 2.08. The second-order valence-corrected chi connectivity index (χ2v) is 3.30. The van der Waals surface area contributed by atoms with Crippen molar-refractivity contribution in [3.8, 4) is 11.5 Å². The van der Waals surface area contributed by atoms with Crippen LogP contribution in [0, 0.1) is 0 Å². The van der Waals surface area contributed by atoms with Crippen LogP contribution in [0.1, 0.15) is 5.69 Å². The number of pyridine rings is 1. The lowest BCUT2D eigenvalue weighted by Crippen LogP contribution is -2.00. The van der Waals surface area contributed by atoms with Gasteiger partial charge in [0.1, 0.15) is 23.8 Å². The molecule has 3 N–H and O–H groups in total. The van der Waals surface area contributed by atoms with Gasteiger partial charge in [-0.2, -0.15) is 0 Å². The van der Waals surface area contributed by atoms with E-state index in [-0.39, 0.29) is 11.4 Å². The number of hydrogen-bond donors (Lipinski definition) is 2. The fourth-order valence-corrected chi connectivity index (χ4v) is 1.29. The molecule has 16 heavy (non-hydrogen) atoms. The van der Waals surface area contributed by atoms with Crippen LogP contribution >= 0.6 is 0 Å². The summed E-state index contributed by atoms with van der Waals surface area (Å²) in [5, 5.41) is 9.38. The topological polar surface area (TPSA) is 68.4 Å². The summed E-state index contributed by atoms with van der Waals surface area (Å²) < 4.78 is 5.46. The number of ether oxygens (including phenoxy) is 1. The van der Waals surface area contributed by atoms with E-state index in [1.165, 1.54) is 6.07 Å². The number of nitrogens with two attached hydrogens (primary N) is 1. The lowest BCUT2D eigenvalue weighted by Gasteiger charge is -2.08. The highest BCUT2D eigenvalue weighted by Crippen LogP contribution is 2.30. The molecular formula is C12H12N2O2. The smallest absolute Gasteiger partial charge is 0.146 e. The summed E-state index contributed by atoms with van der Waals surface area (Å²) in [5.41, 5.74) is 6.71. The predicted octanol–water partition coefficient (Wildman–Crippen LogP) is 1.95. The molecule has 4 heteroatoms. The van der Waals surface area contributed by atoms with Gasteiger partial charge in [0.25, 0.3) is 0 Å². The summed E-state index contributed by atoms with van der Waals surface area (Å²) in [6, 6.07) is 10.5. The minimum Gasteiger partial charge on any atom is -0.506 e. The van der Waals surface area contributed by atoms with E-state index in [2.05, 4.69) is 4.98 Å². The number of phenols is 1. The van der Waals surface area contributed by atoms with Crippen LogP contribution in [0.5, 0.6) is 11.5 Å². The highest BCUT2D eigenvalue weighted by molar-refractivity contribution is 5.61. The van der Waals surface area contributed by atoms with Crippen LogP contribution in [0.15, 0.2) is 42.6 Å². The van der Waals surface area contributed by atoms with E-state index in [1.807, 2.05) is 18.2 Å². The van der Waals surface area contributed by atoms with E-state index in [0.717, 1.165) is 5.69 Å². The largest absolute Gasteiger partial charge is 0.506 e. The third-order valence-corrected chi connectivity index (χ3v) is 2.14. The average Bonchev–Trinajstić information content (AvgIpc) is 2.32. The van der Waals surface area contributed by atoms with Crippen LogP contribution in [0.25, 0.3) is 0 Å². The summed E-state index contributed by atoms with van der Waals surface area (Å²) in [6.07, 6.45) is 1.70. The average molecular weight is 216 g/mol. The van der Waals surface area contributed by atoms with Gasteiger partial charge < -0.3 is 15.6 Å². The maximum absolute atomic E-state index is 9.38. The number of nitrogen functional groups attached to an aromatic ring is 1. The van der Waals surface area contributed by atoms with Gasteiger partial charge in [0.15, 0.2) is 0 Å². The zero-order valence-electron chi connectivity index (χ0n) is 8.63. The number of phenolic OH excluding ortho intramolecular Hbond substituents is 1. The Kier molecular flexibility index (Phi) is 2.91. The first-order chi connectivity index (χ1) is 7.77. The Bertz CT molecular complexity index is 472. The first-order valence-corrected chi connectivity index (χ1v) is 4.87. The zero-order valence-corrected chi connectivity index (χ0v) is 8.63. The molecule has 0 saturated carbocycles. The summed E-state index contributed by atoms with van der Waals surface area (Å²) in [4.78, 5) is 4.12. The molecule has 0 aliphatic heterocycles. The van der Waals surface area contributed by atoms with Crippen molar-refractivity contribution in [1.82, 2.24) is 4.98 Å². The van der Waals surface area contributed by atoms with Crippen LogP contribution in [0.4, 0.5) is 5.69 Å². The molecule has 4 nitrogen and oxygen atoms in total. The van der Waals surface area contributed by atoms with E-state index >= 15 is 0 Å². The molecule has 0 bridgehead atoms. The van der Waals surface area contributed by atoms with E-state index in [4.69, 9.17) is 10.5 Å². The van der Waals surface area contributed by atoms with Gasteiger partial charge in [-0.3, -0.25) is 4.98 Å². The minimum absolute atomic E-state index is 0.0264. The molecule has 0 fully saturated rings. The van der Waals surface area contributed by atoms with Crippen molar-refractivity contribution in [3.05, 3.63) is 48.3 Å². The molecule has 0 aliphatic carbocycles. The second-order valence-electron chi connectivity index (χ2n) is 3.30. The Morgan fingerprint density at radius 3 is 2.81 bits per heavy atom. The molecule has 0 amide bonds. The molecule has 1 heterocycles. The monoisotopic (exact) mass is 216 g/mol. The molecular weight excluding hydrogens is 204 g/mol. The van der Waals surface area contributed by atoms with Crippen LogP contribution in [-0.4, -0.2) is 10.1 Å². The highest BCUT2D eigenvalue weighted by Gasteiger charge is 2.04. The molecule has 0 radical (unpaired) electrons. The molecule has 2 aromatic rings. The Morgan fingerprint density at radius 1 is 1.19 bits per heavy atom. The van der Waals surface area contributed by atoms with Gasteiger partial charge in [0.2, 0.25) is 0 Å². The van der Waals surface area contributed by atoms with Crippen molar-refractivity contribution >= 4 is 5.69 Å². The fraction of sp³-hybridized carbons (Fsp3) is 0.0833. The Labute approximate surface area is 93.3 Å². The molecule has 0 aliphatic rings. The molecule has 0 atom stereocenters. The normalized spacial score (nSPS) is 10.0. The van der Waals surface area contributed by atoms with Gasteiger partial charge in [-0.25, -0.2) is 0 Å². The van der Waals surface area contributed by atoms with Gasteiger partial charge in [-0.15, -0.1) is 0 Å². The number of nitrogens with zero attached hydrogens (tertiary/aromatic N) is 1. The SMILES string of the molecule is Nc1c(O)cccc1OCc1ccccn1. The molecule has 1 aromatic heterocycles. The van der Waals surface area contributed by atoms with Crippen LogP contribution < -0.4 is 10.5 Å². The van der Waals surface area contributed by atoms with Crippen molar-refractivity contribution in [3.63, 3.8) is 0 Å². The molecule has 0 spiro atoms. The van der Waals surface area contributed by atoms with Crippen molar-refractivity contribution in [2.75, 3.05) is 5.73 Å². The first kappa shape index (κ1) is 10.3. The number of aromatic nitrogens is 1. The molecule has 2 rings (SSSR count). The van der Waals surface area contributed by atoms with E-state index in [9.17, 15) is 5.11 Å². The van der Waals surface area contributed by atoms with Crippen molar-refractivity contribution in [2.24, 2.45) is 0 Å². The van der Waals surface area contributed by atoms with Crippen molar-refractivity contribution in [2.45, 2.75) is 6.61 Å². The van der Waals surface area contributed by atoms with Crippen LogP contribution in [-0.2, 0) is 6.61 Å². The predicted molar refractivity (Wildman–Crippen MR) is 61.1 cm³/mol. The number of aromatic hydroxyl groups is 1. The molecule has 1 aromatic carbocycles. The molecule has 0 saturated heterocycles. The second kappa shape index (κ2) is 4.53.